The van der Waals surface area contributed by atoms with E-state index in [0.717, 1.165) is 0 Å². The van der Waals surface area contributed by atoms with Gasteiger partial charge in [-0.1, -0.05) is 13.8 Å². The number of nitrogens with two attached hydrogens (primary N) is 4. The minimum Gasteiger partial charge on any atom is -0.480 e. The molecule has 11 N–H and O–H groups in total. The van der Waals surface area contributed by atoms with E-state index in [1.807, 2.05) is 0 Å². The Morgan fingerprint density at radius 2 is 1.71 bits per heavy atom. The van der Waals surface area contributed by atoms with Gasteiger partial charge in [0.1, 0.15) is 18.1 Å². The van der Waals surface area contributed by atoms with Crippen LogP contribution in [0.2, 0.25) is 0 Å². The van der Waals surface area contributed by atoms with Gasteiger partial charge in [0.15, 0.2) is 5.96 Å². The van der Waals surface area contributed by atoms with Crippen LogP contribution in [-0.2, 0) is 24.0 Å². The predicted octanol–water partition coefficient (Wildman–Crippen LogP) is -2.67. The van der Waals surface area contributed by atoms with Gasteiger partial charge >= 0.3 is 5.97 Å². The average Bonchev–Trinajstić information content (AvgIpc) is 3.26. The monoisotopic (exact) mass is 498 g/mol. The van der Waals surface area contributed by atoms with Crippen LogP contribution in [0.1, 0.15) is 52.4 Å². The number of aliphatic imine (C=N–C) groups is 1. The molecule has 35 heavy (non-hydrogen) atoms. The highest BCUT2D eigenvalue weighted by Gasteiger charge is 2.39. The van der Waals surface area contributed by atoms with Crippen molar-refractivity contribution in [3.8, 4) is 0 Å². The fourth-order valence-corrected chi connectivity index (χ4v) is 3.65. The van der Waals surface area contributed by atoms with E-state index in [9.17, 15) is 29.1 Å². The summed E-state index contributed by atoms with van der Waals surface area (Å²) in [5, 5.41) is 14.5. The molecule has 14 nitrogen and oxygen atoms in total. The van der Waals surface area contributed by atoms with E-state index in [-0.39, 0.29) is 44.2 Å². The van der Waals surface area contributed by atoms with Crippen molar-refractivity contribution < 1.29 is 29.1 Å². The number of rotatable bonds is 14. The van der Waals surface area contributed by atoms with Gasteiger partial charge in [0.25, 0.3) is 0 Å². The van der Waals surface area contributed by atoms with E-state index in [4.69, 9.17) is 22.9 Å². The molecule has 4 atom stereocenters. The molecule has 1 fully saturated rings. The molecule has 1 saturated heterocycles. The van der Waals surface area contributed by atoms with Crippen LogP contribution in [0, 0.1) is 5.92 Å². The first-order valence-corrected chi connectivity index (χ1v) is 11.6. The standard InChI is InChI=1S/C21H38N8O6/c1-11(2)16(23)18(32)27-12(7-8-15(22)30)19(33)29-10-4-6-14(29)17(31)28-13(20(34)35)5-3-9-26-21(24)25/h11-14,16H,3-10,23H2,1-2H3,(H2,22,30)(H,27,32)(H,28,31)(H,34,35)(H4,24,25,26). The highest BCUT2D eigenvalue weighted by atomic mass is 16.4. The Morgan fingerprint density at radius 3 is 2.26 bits per heavy atom. The number of likely N-dealkylation sites (tertiary alicyclic amines) is 1. The maximum absolute atomic E-state index is 13.3. The van der Waals surface area contributed by atoms with Crippen LogP contribution in [0.4, 0.5) is 0 Å². The van der Waals surface area contributed by atoms with E-state index in [0.29, 0.717) is 19.3 Å². The highest BCUT2D eigenvalue weighted by molar-refractivity contribution is 5.94. The van der Waals surface area contributed by atoms with Gasteiger partial charge in [-0.3, -0.25) is 24.2 Å². The summed E-state index contributed by atoms with van der Waals surface area (Å²) < 4.78 is 0. The molecular formula is C21H38N8O6. The number of hydrogen-bond acceptors (Lipinski definition) is 7. The largest absolute Gasteiger partial charge is 0.480 e. The van der Waals surface area contributed by atoms with Crippen LogP contribution in [-0.4, -0.2) is 82.8 Å². The topological polar surface area (TPSA) is 249 Å². The number of nitrogens with zero attached hydrogens (tertiary/aromatic N) is 2. The fourth-order valence-electron chi connectivity index (χ4n) is 3.65. The molecule has 1 aliphatic rings. The Hall–Kier alpha value is -3.42. The fraction of sp³-hybridized carbons (Fsp3) is 0.714. The van der Waals surface area contributed by atoms with Crippen LogP contribution in [0.3, 0.4) is 0 Å². The number of nitrogens with one attached hydrogen (secondary N) is 2. The van der Waals surface area contributed by atoms with Crippen LogP contribution in [0.25, 0.3) is 0 Å². The smallest absolute Gasteiger partial charge is 0.326 e. The predicted molar refractivity (Wildman–Crippen MR) is 127 cm³/mol. The lowest BCUT2D eigenvalue weighted by atomic mass is 10.0. The lowest BCUT2D eigenvalue weighted by molar-refractivity contribution is -0.145. The number of carboxylic acids is 1. The molecule has 0 aromatic carbocycles. The van der Waals surface area contributed by atoms with Crippen molar-refractivity contribution in [2.24, 2.45) is 33.8 Å². The second-order valence-electron chi connectivity index (χ2n) is 8.87. The van der Waals surface area contributed by atoms with E-state index < -0.39 is 53.8 Å². The number of primary amides is 1. The summed E-state index contributed by atoms with van der Waals surface area (Å²) >= 11 is 0. The highest BCUT2D eigenvalue weighted by Crippen LogP contribution is 2.20. The third-order valence-electron chi connectivity index (χ3n) is 5.71. The Labute approximate surface area is 204 Å². The van der Waals surface area contributed by atoms with Gasteiger partial charge in [0.2, 0.25) is 23.6 Å². The second-order valence-corrected chi connectivity index (χ2v) is 8.87. The number of guanidine groups is 1. The zero-order valence-corrected chi connectivity index (χ0v) is 20.2. The van der Waals surface area contributed by atoms with Crippen molar-refractivity contribution in [1.29, 1.82) is 0 Å². The minimum atomic E-state index is -1.23. The summed E-state index contributed by atoms with van der Waals surface area (Å²) in [6, 6.07) is -4.09. The van der Waals surface area contributed by atoms with Crippen molar-refractivity contribution in [2.75, 3.05) is 13.1 Å². The molecule has 0 saturated carbocycles. The van der Waals surface area contributed by atoms with Gasteiger partial charge in [0, 0.05) is 19.5 Å². The summed E-state index contributed by atoms with van der Waals surface area (Å²) in [7, 11) is 0. The number of amides is 4. The van der Waals surface area contributed by atoms with E-state index in [1.165, 1.54) is 4.90 Å². The van der Waals surface area contributed by atoms with Crippen molar-refractivity contribution in [3.05, 3.63) is 0 Å². The van der Waals surface area contributed by atoms with Crippen molar-refractivity contribution in [2.45, 2.75) is 76.5 Å². The van der Waals surface area contributed by atoms with Gasteiger partial charge in [-0.2, -0.15) is 0 Å². The van der Waals surface area contributed by atoms with Gasteiger partial charge in [-0.25, -0.2) is 4.79 Å². The van der Waals surface area contributed by atoms with Gasteiger partial charge < -0.3 is 43.6 Å². The second kappa shape index (κ2) is 14.1. The van der Waals surface area contributed by atoms with E-state index in [1.54, 1.807) is 13.8 Å². The first kappa shape index (κ1) is 29.6. The average molecular weight is 499 g/mol. The summed E-state index contributed by atoms with van der Waals surface area (Å²) in [6.07, 6.45) is 1.02. The number of carbonyl (C=O) groups excluding carboxylic acids is 4. The van der Waals surface area contributed by atoms with Crippen LogP contribution < -0.4 is 33.6 Å². The zero-order valence-electron chi connectivity index (χ0n) is 20.2. The number of carboxylic acid groups (broad SMARTS) is 1. The van der Waals surface area contributed by atoms with Crippen molar-refractivity contribution in [1.82, 2.24) is 15.5 Å². The van der Waals surface area contributed by atoms with Gasteiger partial charge in [0.05, 0.1) is 6.04 Å². The van der Waals surface area contributed by atoms with Crippen LogP contribution in [0.5, 0.6) is 0 Å². The molecule has 1 aliphatic heterocycles. The molecule has 0 aliphatic carbocycles. The molecule has 4 amide bonds. The molecule has 0 aromatic rings. The number of hydrogen-bond donors (Lipinski definition) is 7. The molecule has 0 bridgehead atoms. The normalized spacial score (nSPS) is 17.8. The Balaban J connectivity index is 2.93. The Kier molecular flexibility index (Phi) is 11.9. The zero-order chi connectivity index (χ0) is 26.7. The van der Waals surface area contributed by atoms with Gasteiger partial charge in [-0.05, 0) is 38.0 Å². The maximum atomic E-state index is 13.3. The summed E-state index contributed by atoms with van der Waals surface area (Å²) in [6.45, 7) is 3.94. The Morgan fingerprint density at radius 1 is 1.06 bits per heavy atom. The van der Waals surface area contributed by atoms with E-state index in [2.05, 4.69) is 15.6 Å². The molecule has 198 valence electrons. The molecule has 4 unspecified atom stereocenters. The lowest BCUT2D eigenvalue weighted by Gasteiger charge is -2.30. The molecule has 1 heterocycles. The van der Waals surface area contributed by atoms with Crippen LogP contribution >= 0.6 is 0 Å². The number of carbonyl (C=O) groups is 5. The lowest BCUT2D eigenvalue weighted by Crippen LogP contribution is -2.57. The van der Waals surface area contributed by atoms with Crippen LogP contribution in [0.15, 0.2) is 4.99 Å². The summed E-state index contributed by atoms with van der Waals surface area (Å²) in [5.41, 5.74) is 21.6. The third-order valence-corrected chi connectivity index (χ3v) is 5.71. The summed E-state index contributed by atoms with van der Waals surface area (Å²) in [4.78, 5) is 66.6. The van der Waals surface area contributed by atoms with E-state index >= 15 is 0 Å². The van der Waals surface area contributed by atoms with Crippen molar-refractivity contribution >= 4 is 35.6 Å². The molecule has 0 radical (unpaired) electrons. The minimum absolute atomic E-state index is 0.0574. The molecule has 0 spiro atoms. The third kappa shape index (κ3) is 9.76. The molecule has 14 heteroatoms. The first-order valence-electron chi connectivity index (χ1n) is 11.6. The maximum Gasteiger partial charge on any atom is 0.326 e. The Bertz CT molecular complexity index is 814. The quantitative estimate of drug-likeness (QED) is 0.0748. The first-order chi connectivity index (χ1) is 16.3. The molecule has 0 aromatic heterocycles. The molecular weight excluding hydrogens is 460 g/mol. The van der Waals surface area contributed by atoms with Gasteiger partial charge in [-0.15, -0.1) is 0 Å². The summed E-state index contributed by atoms with van der Waals surface area (Å²) in [5.74, 6) is -3.92. The molecule has 1 rings (SSSR count). The SMILES string of the molecule is CC(C)C(N)C(=O)NC(CCC(N)=O)C(=O)N1CCCC1C(=O)NC(CCCN=C(N)N)C(=O)O. The van der Waals surface area contributed by atoms with Crippen molar-refractivity contribution in [3.63, 3.8) is 0 Å². The number of aliphatic carboxylic acids is 1.